The van der Waals surface area contributed by atoms with E-state index in [4.69, 9.17) is 0 Å². The summed E-state index contributed by atoms with van der Waals surface area (Å²) in [6, 6.07) is 7.80. The molecule has 0 aliphatic heterocycles. The van der Waals surface area contributed by atoms with Gasteiger partial charge >= 0.3 is 0 Å². The molecule has 1 aromatic carbocycles. The summed E-state index contributed by atoms with van der Waals surface area (Å²) in [6.07, 6.45) is -0.706. The van der Waals surface area contributed by atoms with Gasteiger partial charge in [0.2, 0.25) is 0 Å². The first-order valence-electron chi connectivity index (χ1n) is 3.78. The maximum absolute atomic E-state index is 11.0. The Bertz CT molecular complexity index is 361. The van der Waals surface area contributed by atoms with Gasteiger partial charge in [-0.05, 0) is 19.1 Å². The first-order chi connectivity index (χ1) is 5.77. The molecule has 3 heteroatoms. The molecule has 0 amide bonds. The molecule has 1 radical (unpaired) electrons. The Labute approximate surface area is 74.5 Å². The zero-order chi connectivity index (χ0) is 8.55. The highest BCUT2D eigenvalue weighted by atomic mass is 32.1. The molecular formula is C9H8NOS. The molecule has 0 aliphatic carbocycles. The van der Waals surface area contributed by atoms with Crippen LogP contribution < -0.4 is 0 Å². The second kappa shape index (κ2) is 2.84. The van der Waals surface area contributed by atoms with Crippen LogP contribution in [0, 0.1) is 0 Å². The van der Waals surface area contributed by atoms with E-state index in [1.165, 1.54) is 11.3 Å². The van der Waals surface area contributed by atoms with Gasteiger partial charge in [-0.2, -0.15) is 0 Å². The predicted molar refractivity (Wildman–Crippen MR) is 48.7 cm³/mol. The Hall–Kier alpha value is -0.930. The summed E-state index contributed by atoms with van der Waals surface area (Å²) in [7, 11) is 0. The number of benzene rings is 1. The van der Waals surface area contributed by atoms with E-state index in [0.717, 1.165) is 10.2 Å². The van der Waals surface area contributed by atoms with Crippen LogP contribution in [0.4, 0.5) is 0 Å². The molecule has 2 aromatic rings. The van der Waals surface area contributed by atoms with E-state index in [9.17, 15) is 5.11 Å². The fourth-order valence-corrected chi connectivity index (χ4v) is 1.96. The van der Waals surface area contributed by atoms with Gasteiger partial charge in [0.1, 0.15) is 11.1 Å². The van der Waals surface area contributed by atoms with E-state index in [2.05, 4.69) is 4.98 Å². The third-order valence-electron chi connectivity index (χ3n) is 1.66. The van der Waals surface area contributed by atoms with Crippen molar-refractivity contribution in [3.8, 4) is 0 Å². The summed E-state index contributed by atoms with van der Waals surface area (Å²) >= 11 is 1.48. The molecule has 12 heavy (non-hydrogen) atoms. The first-order valence-corrected chi connectivity index (χ1v) is 4.60. The third-order valence-corrected chi connectivity index (χ3v) is 2.86. The van der Waals surface area contributed by atoms with Gasteiger partial charge in [-0.15, -0.1) is 11.3 Å². The second-order valence-electron chi connectivity index (χ2n) is 2.66. The van der Waals surface area contributed by atoms with Crippen LogP contribution in [0.15, 0.2) is 24.3 Å². The molecule has 0 saturated heterocycles. The number of rotatable bonds is 1. The summed E-state index contributed by atoms with van der Waals surface area (Å²) in [5.74, 6) is 0. The summed E-state index contributed by atoms with van der Waals surface area (Å²) in [6.45, 7) is 1.62. The molecule has 1 atom stereocenters. The van der Waals surface area contributed by atoms with Crippen molar-refractivity contribution in [1.82, 2.24) is 4.98 Å². The molecule has 61 valence electrons. The van der Waals surface area contributed by atoms with Gasteiger partial charge in [0.25, 0.3) is 0 Å². The topological polar surface area (TPSA) is 32.8 Å². The lowest BCUT2D eigenvalue weighted by Gasteiger charge is -1.90. The smallest absolute Gasteiger partial charge is 0.142 e. The van der Waals surface area contributed by atoms with Gasteiger partial charge in [-0.25, -0.2) is 10.1 Å². The van der Waals surface area contributed by atoms with E-state index >= 15 is 0 Å². The Morgan fingerprint density at radius 2 is 2.17 bits per heavy atom. The lowest BCUT2D eigenvalue weighted by atomic mass is 10.3. The van der Waals surface area contributed by atoms with Crippen molar-refractivity contribution in [1.29, 1.82) is 0 Å². The molecule has 0 spiro atoms. The van der Waals surface area contributed by atoms with Crippen LogP contribution in [-0.4, -0.2) is 4.98 Å². The van der Waals surface area contributed by atoms with E-state index < -0.39 is 6.10 Å². The van der Waals surface area contributed by atoms with Crippen molar-refractivity contribution in [2.24, 2.45) is 0 Å². The zero-order valence-corrected chi connectivity index (χ0v) is 7.47. The number of fused-ring (bicyclic) bond motifs is 1. The highest BCUT2D eigenvalue weighted by molar-refractivity contribution is 7.18. The Balaban J connectivity index is 2.62. The average molecular weight is 178 g/mol. The molecule has 2 nitrogen and oxygen atoms in total. The van der Waals surface area contributed by atoms with Crippen LogP contribution in [0.5, 0.6) is 0 Å². The van der Waals surface area contributed by atoms with Crippen LogP contribution in [0.25, 0.3) is 10.2 Å². The minimum atomic E-state index is -0.706. The highest BCUT2D eigenvalue weighted by Crippen LogP contribution is 2.25. The number of hydrogen-bond donors (Lipinski definition) is 0. The average Bonchev–Trinajstić information content (AvgIpc) is 2.46. The third kappa shape index (κ3) is 1.21. The molecule has 0 bridgehead atoms. The Morgan fingerprint density at radius 3 is 2.83 bits per heavy atom. The van der Waals surface area contributed by atoms with Crippen LogP contribution in [0.3, 0.4) is 0 Å². The number of hydrogen-bond acceptors (Lipinski definition) is 2. The van der Waals surface area contributed by atoms with Gasteiger partial charge in [0.05, 0.1) is 10.2 Å². The highest BCUT2D eigenvalue weighted by Gasteiger charge is 2.08. The molecule has 0 fully saturated rings. The van der Waals surface area contributed by atoms with E-state index in [1.54, 1.807) is 6.92 Å². The quantitative estimate of drug-likeness (QED) is 0.660. The largest absolute Gasteiger partial charge is 0.238 e. The van der Waals surface area contributed by atoms with Gasteiger partial charge < -0.3 is 0 Å². The molecular weight excluding hydrogens is 170 g/mol. The van der Waals surface area contributed by atoms with Crippen molar-refractivity contribution in [3.63, 3.8) is 0 Å². The minimum absolute atomic E-state index is 0.677. The number of nitrogens with zero attached hydrogens (tertiary/aromatic N) is 1. The monoisotopic (exact) mass is 178 g/mol. The second-order valence-corrected chi connectivity index (χ2v) is 3.72. The molecule has 1 heterocycles. The fourth-order valence-electron chi connectivity index (χ4n) is 1.06. The van der Waals surface area contributed by atoms with E-state index in [-0.39, 0.29) is 0 Å². The van der Waals surface area contributed by atoms with Crippen LogP contribution in [-0.2, 0) is 5.11 Å². The van der Waals surface area contributed by atoms with Crippen molar-refractivity contribution in [2.45, 2.75) is 13.0 Å². The summed E-state index contributed by atoms with van der Waals surface area (Å²) in [5, 5.41) is 11.7. The van der Waals surface area contributed by atoms with Gasteiger partial charge in [0, 0.05) is 0 Å². The maximum Gasteiger partial charge on any atom is 0.142 e. The Morgan fingerprint density at radius 1 is 1.42 bits per heavy atom. The molecule has 0 N–H and O–H groups in total. The van der Waals surface area contributed by atoms with Crippen LogP contribution in [0.1, 0.15) is 18.0 Å². The summed E-state index contributed by atoms with van der Waals surface area (Å²) < 4.78 is 1.09. The van der Waals surface area contributed by atoms with Crippen molar-refractivity contribution in [3.05, 3.63) is 29.3 Å². The summed E-state index contributed by atoms with van der Waals surface area (Å²) in [4.78, 5) is 4.22. The lowest BCUT2D eigenvalue weighted by Crippen LogP contribution is -1.85. The fraction of sp³-hybridized carbons (Fsp3) is 0.222. The number of thiazole rings is 1. The maximum atomic E-state index is 11.0. The van der Waals surface area contributed by atoms with E-state index in [0.29, 0.717) is 5.01 Å². The minimum Gasteiger partial charge on any atom is -0.238 e. The van der Waals surface area contributed by atoms with Crippen molar-refractivity contribution < 1.29 is 5.11 Å². The standard InChI is InChI=1S/C9H8NOS/c1-6(11)9-10-7-4-2-3-5-8(7)12-9/h2-6H,1H3. The normalized spacial score (nSPS) is 13.5. The lowest BCUT2D eigenvalue weighted by molar-refractivity contribution is 0.106. The van der Waals surface area contributed by atoms with E-state index in [1.807, 2.05) is 24.3 Å². The SMILES string of the molecule is CC([O])c1nc2ccccc2s1. The van der Waals surface area contributed by atoms with Crippen LogP contribution >= 0.6 is 11.3 Å². The molecule has 1 unspecified atom stereocenters. The molecule has 1 aromatic heterocycles. The van der Waals surface area contributed by atoms with Gasteiger partial charge in [-0.1, -0.05) is 12.1 Å². The van der Waals surface area contributed by atoms with Crippen molar-refractivity contribution in [2.75, 3.05) is 0 Å². The van der Waals surface area contributed by atoms with Gasteiger partial charge in [-0.3, -0.25) is 0 Å². The molecule has 2 rings (SSSR count). The molecule has 0 saturated carbocycles. The van der Waals surface area contributed by atoms with Crippen LogP contribution in [0.2, 0.25) is 0 Å². The zero-order valence-electron chi connectivity index (χ0n) is 6.65. The summed E-state index contributed by atoms with van der Waals surface area (Å²) in [5.41, 5.74) is 0.931. The Kier molecular flexibility index (Phi) is 1.83. The molecule has 0 aliphatic rings. The number of para-hydroxylation sites is 1. The predicted octanol–water partition coefficient (Wildman–Crippen LogP) is 2.79. The van der Waals surface area contributed by atoms with Crippen molar-refractivity contribution >= 4 is 21.6 Å². The van der Waals surface area contributed by atoms with Gasteiger partial charge in [0.15, 0.2) is 0 Å². The first kappa shape index (κ1) is 7.71. The number of aromatic nitrogens is 1.